The summed E-state index contributed by atoms with van der Waals surface area (Å²) < 4.78 is 27.3. The maximum atomic E-state index is 11.5. The van der Waals surface area contributed by atoms with Crippen LogP contribution in [0.25, 0.3) is 0 Å². The Bertz CT molecular complexity index is 408. The van der Waals surface area contributed by atoms with Crippen molar-refractivity contribution in [3.05, 3.63) is 0 Å². The van der Waals surface area contributed by atoms with E-state index < -0.39 is 21.2 Å². The number of nitrogens with zero attached hydrogens (tertiary/aromatic N) is 1. The van der Waals surface area contributed by atoms with Crippen LogP contribution < -0.4 is 0 Å². The van der Waals surface area contributed by atoms with Gasteiger partial charge in [0, 0.05) is 33.1 Å². The molecule has 1 heterocycles. The standard InChI is InChI=1S/C12H23NO5S/c1-18-8-5-12(11(14)15)4-3-6-13(10-12)7-9-19(2,16)17/h3-10H2,1-2H3,(H,14,15)/t12-/m1/s1. The molecule has 1 rings (SSSR count). The minimum atomic E-state index is -3.01. The van der Waals surface area contributed by atoms with Crippen LogP contribution in [0.2, 0.25) is 0 Å². The molecule has 0 spiro atoms. The van der Waals surface area contributed by atoms with Crippen molar-refractivity contribution in [1.29, 1.82) is 0 Å². The van der Waals surface area contributed by atoms with Crippen molar-refractivity contribution in [2.75, 3.05) is 45.4 Å². The first kappa shape index (κ1) is 16.4. The lowest BCUT2D eigenvalue weighted by Crippen LogP contribution is -2.49. The van der Waals surface area contributed by atoms with E-state index in [1.807, 2.05) is 4.90 Å². The van der Waals surface area contributed by atoms with E-state index >= 15 is 0 Å². The van der Waals surface area contributed by atoms with Crippen LogP contribution in [0.15, 0.2) is 0 Å². The van der Waals surface area contributed by atoms with Crippen LogP contribution in [0.3, 0.4) is 0 Å². The zero-order chi connectivity index (χ0) is 14.5. The quantitative estimate of drug-likeness (QED) is 0.723. The average molecular weight is 293 g/mol. The van der Waals surface area contributed by atoms with Crippen molar-refractivity contribution < 1.29 is 23.1 Å². The molecular weight excluding hydrogens is 270 g/mol. The van der Waals surface area contributed by atoms with Gasteiger partial charge < -0.3 is 14.7 Å². The Labute approximate surface area is 114 Å². The number of hydrogen-bond acceptors (Lipinski definition) is 5. The lowest BCUT2D eigenvalue weighted by atomic mass is 9.77. The second-order valence-corrected chi connectivity index (χ2v) is 7.60. The second kappa shape index (κ2) is 6.67. The van der Waals surface area contributed by atoms with Crippen molar-refractivity contribution in [2.45, 2.75) is 19.3 Å². The van der Waals surface area contributed by atoms with E-state index in [0.717, 1.165) is 13.0 Å². The van der Waals surface area contributed by atoms with Gasteiger partial charge in [0.2, 0.25) is 0 Å². The number of aliphatic carboxylic acids is 1. The van der Waals surface area contributed by atoms with E-state index in [1.165, 1.54) is 6.26 Å². The SMILES string of the molecule is COCC[C@]1(C(=O)O)CCCN(CCS(C)(=O)=O)C1. The van der Waals surface area contributed by atoms with E-state index in [0.29, 0.717) is 32.5 Å². The predicted molar refractivity (Wildman–Crippen MR) is 71.9 cm³/mol. The number of carboxylic acid groups (broad SMARTS) is 1. The molecule has 1 aliphatic rings. The minimum Gasteiger partial charge on any atom is -0.481 e. The fraction of sp³-hybridized carbons (Fsp3) is 0.917. The Balaban J connectivity index is 2.66. The van der Waals surface area contributed by atoms with Gasteiger partial charge in [-0.3, -0.25) is 4.79 Å². The maximum absolute atomic E-state index is 11.5. The summed E-state index contributed by atoms with van der Waals surface area (Å²) in [4.78, 5) is 13.5. The number of carbonyl (C=O) groups is 1. The van der Waals surface area contributed by atoms with Crippen molar-refractivity contribution in [2.24, 2.45) is 5.41 Å². The lowest BCUT2D eigenvalue weighted by molar-refractivity contribution is -0.154. The van der Waals surface area contributed by atoms with Crippen molar-refractivity contribution in [3.8, 4) is 0 Å². The molecule has 0 saturated carbocycles. The molecule has 0 aliphatic carbocycles. The first-order valence-electron chi connectivity index (χ1n) is 6.41. The van der Waals surface area contributed by atoms with Crippen molar-refractivity contribution in [1.82, 2.24) is 4.90 Å². The third-order valence-corrected chi connectivity index (χ3v) is 4.60. The van der Waals surface area contributed by atoms with Gasteiger partial charge in [0.1, 0.15) is 9.84 Å². The maximum Gasteiger partial charge on any atom is 0.311 e. The van der Waals surface area contributed by atoms with E-state index in [9.17, 15) is 18.3 Å². The normalized spacial score (nSPS) is 25.4. The Morgan fingerprint density at radius 1 is 1.47 bits per heavy atom. The number of hydrogen-bond donors (Lipinski definition) is 1. The molecular formula is C12H23NO5S. The fourth-order valence-corrected chi connectivity index (χ4v) is 3.09. The second-order valence-electron chi connectivity index (χ2n) is 5.34. The molecule has 1 atom stereocenters. The highest BCUT2D eigenvalue weighted by Gasteiger charge is 2.41. The fourth-order valence-electron chi connectivity index (χ4n) is 2.50. The summed E-state index contributed by atoms with van der Waals surface area (Å²) in [5, 5.41) is 9.46. The van der Waals surface area contributed by atoms with E-state index in [4.69, 9.17) is 4.74 Å². The van der Waals surface area contributed by atoms with Gasteiger partial charge in [-0.2, -0.15) is 0 Å². The molecule has 0 aromatic heterocycles. The van der Waals surface area contributed by atoms with Crippen LogP contribution in [-0.2, 0) is 19.4 Å². The van der Waals surface area contributed by atoms with Gasteiger partial charge in [-0.1, -0.05) is 0 Å². The van der Waals surface area contributed by atoms with Crippen LogP contribution in [0.5, 0.6) is 0 Å². The Morgan fingerprint density at radius 3 is 2.68 bits per heavy atom. The number of carboxylic acids is 1. The summed E-state index contributed by atoms with van der Waals surface area (Å²) in [5.74, 6) is -0.735. The third-order valence-electron chi connectivity index (χ3n) is 3.67. The average Bonchev–Trinajstić information content (AvgIpc) is 2.33. The summed E-state index contributed by atoms with van der Waals surface area (Å²) in [7, 11) is -1.46. The van der Waals surface area contributed by atoms with Gasteiger partial charge >= 0.3 is 5.97 Å². The molecule has 6 nitrogen and oxygen atoms in total. The van der Waals surface area contributed by atoms with Gasteiger partial charge in [0.25, 0.3) is 0 Å². The smallest absolute Gasteiger partial charge is 0.311 e. The zero-order valence-electron chi connectivity index (χ0n) is 11.6. The van der Waals surface area contributed by atoms with Gasteiger partial charge in [0.05, 0.1) is 11.2 Å². The molecule has 0 aromatic carbocycles. The van der Waals surface area contributed by atoms with E-state index in [2.05, 4.69) is 0 Å². The van der Waals surface area contributed by atoms with Gasteiger partial charge in [0.15, 0.2) is 0 Å². The van der Waals surface area contributed by atoms with Gasteiger partial charge in [-0.15, -0.1) is 0 Å². The minimum absolute atomic E-state index is 0.0764. The molecule has 112 valence electrons. The number of likely N-dealkylation sites (tertiary alicyclic amines) is 1. The molecule has 0 radical (unpaired) electrons. The summed E-state index contributed by atoms with van der Waals surface area (Å²) in [5.41, 5.74) is -0.800. The molecule has 1 aliphatic heterocycles. The summed E-state index contributed by atoms with van der Waals surface area (Å²) in [6.07, 6.45) is 3.07. The molecule has 1 fully saturated rings. The third kappa shape index (κ3) is 5.08. The van der Waals surface area contributed by atoms with Crippen LogP contribution in [0.1, 0.15) is 19.3 Å². The molecule has 19 heavy (non-hydrogen) atoms. The highest BCUT2D eigenvalue weighted by molar-refractivity contribution is 7.90. The van der Waals surface area contributed by atoms with E-state index in [1.54, 1.807) is 7.11 Å². The molecule has 0 bridgehead atoms. The first-order valence-corrected chi connectivity index (χ1v) is 8.47. The molecule has 1 saturated heterocycles. The monoisotopic (exact) mass is 293 g/mol. The van der Waals surface area contributed by atoms with Crippen LogP contribution >= 0.6 is 0 Å². The van der Waals surface area contributed by atoms with Crippen LogP contribution in [-0.4, -0.2) is 69.8 Å². The van der Waals surface area contributed by atoms with Crippen molar-refractivity contribution in [3.63, 3.8) is 0 Å². The first-order chi connectivity index (χ1) is 8.79. The summed E-state index contributed by atoms with van der Waals surface area (Å²) in [6.45, 7) is 1.98. The van der Waals surface area contributed by atoms with Gasteiger partial charge in [-0.25, -0.2) is 8.42 Å². The molecule has 0 amide bonds. The molecule has 0 unspecified atom stereocenters. The number of rotatable bonds is 7. The number of sulfone groups is 1. The lowest BCUT2D eigenvalue weighted by Gasteiger charge is -2.39. The van der Waals surface area contributed by atoms with Crippen molar-refractivity contribution >= 4 is 15.8 Å². The zero-order valence-corrected chi connectivity index (χ0v) is 12.4. The summed E-state index contributed by atoms with van der Waals surface area (Å²) in [6, 6.07) is 0. The highest BCUT2D eigenvalue weighted by Crippen LogP contribution is 2.33. The van der Waals surface area contributed by atoms with E-state index in [-0.39, 0.29) is 5.75 Å². The predicted octanol–water partition coefficient (Wildman–Crippen LogP) is 0.234. The number of methoxy groups -OCH3 is 1. The number of piperidine rings is 1. The van der Waals surface area contributed by atoms with Crippen LogP contribution in [0.4, 0.5) is 0 Å². The Morgan fingerprint density at radius 2 is 2.16 bits per heavy atom. The highest BCUT2D eigenvalue weighted by atomic mass is 32.2. The molecule has 7 heteroatoms. The Hall–Kier alpha value is -0.660. The topological polar surface area (TPSA) is 83.9 Å². The van der Waals surface area contributed by atoms with Crippen LogP contribution in [0, 0.1) is 5.41 Å². The van der Waals surface area contributed by atoms with Gasteiger partial charge in [-0.05, 0) is 25.8 Å². The molecule has 1 N–H and O–H groups in total. The Kier molecular flexibility index (Phi) is 5.76. The molecule has 0 aromatic rings. The largest absolute Gasteiger partial charge is 0.481 e. The number of ether oxygens (including phenoxy) is 1. The summed E-state index contributed by atoms with van der Waals surface area (Å²) >= 11 is 0.